The van der Waals surface area contributed by atoms with Gasteiger partial charge in [0, 0.05) is 33.1 Å². The molecule has 0 spiro atoms. The summed E-state index contributed by atoms with van der Waals surface area (Å²) in [5.74, 6) is 0.242. The Balaban J connectivity index is 2.07. The molecule has 1 aliphatic rings. The number of carbonyl (C=O) groups excluding carboxylic acids is 1. The zero-order valence-corrected chi connectivity index (χ0v) is 11.1. The first-order valence-electron chi connectivity index (χ1n) is 6.12. The number of imidazole rings is 1. The third kappa shape index (κ3) is 2.90. The lowest BCUT2D eigenvalue weighted by Gasteiger charge is -2.32. The van der Waals surface area contributed by atoms with E-state index >= 15 is 0 Å². The number of likely N-dealkylation sites (N-methyl/N-ethyl adjacent to an activating group) is 1. The molecule has 0 aliphatic carbocycles. The second-order valence-corrected chi connectivity index (χ2v) is 4.69. The van der Waals surface area contributed by atoms with E-state index in [1.807, 2.05) is 7.05 Å². The molecule has 2 rings (SSSR count). The van der Waals surface area contributed by atoms with Crippen molar-refractivity contribution in [2.45, 2.75) is 13.5 Å². The molecule has 1 amide bonds. The van der Waals surface area contributed by atoms with Crippen LogP contribution in [0, 0.1) is 17.0 Å². The number of nitrogens with zero attached hydrogens (tertiary/aromatic N) is 5. The molecule has 1 aromatic heterocycles. The second kappa shape index (κ2) is 5.35. The Hall–Kier alpha value is -1.96. The summed E-state index contributed by atoms with van der Waals surface area (Å²) in [6, 6.07) is 0. The monoisotopic (exact) mass is 267 g/mol. The smallest absolute Gasteiger partial charge is 0.343 e. The van der Waals surface area contributed by atoms with Gasteiger partial charge in [-0.25, -0.2) is 9.55 Å². The first-order chi connectivity index (χ1) is 8.99. The van der Waals surface area contributed by atoms with E-state index in [1.54, 1.807) is 11.8 Å². The molecule has 0 N–H and O–H groups in total. The van der Waals surface area contributed by atoms with Crippen molar-refractivity contribution in [3.8, 4) is 0 Å². The Morgan fingerprint density at radius 1 is 1.42 bits per heavy atom. The average molecular weight is 267 g/mol. The Kier molecular flexibility index (Phi) is 3.79. The summed E-state index contributed by atoms with van der Waals surface area (Å²) in [6.45, 7) is 4.62. The predicted octanol–water partition coefficient (Wildman–Crippen LogP) is -0.126. The van der Waals surface area contributed by atoms with Gasteiger partial charge in [-0.2, -0.15) is 0 Å². The summed E-state index contributed by atoms with van der Waals surface area (Å²) in [4.78, 5) is 30.2. The summed E-state index contributed by atoms with van der Waals surface area (Å²) < 4.78 is 1.35. The van der Waals surface area contributed by atoms with Crippen LogP contribution in [0.15, 0.2) is 6.20 Å². The number of amides is 1. The maximum Gasteiger partial charge on any atom is 0.343 e. The number of nitro groups is 1. The summed E-state index contributed by atoms with van der Waals surface area (Å²) >= 11 is 0. The number of hydrogen-bond donors (Lipinski definition) is 0. The van der Waals surface area contributed by atoms with Gasteiger partial charge in [-0.3, -0.25) is 4.79 Å². The largest absolute Gasteiger partial charge is 0.358 e. The van der Waals surface area contributed by atoms with E-state index in [-0.39, 0.29) is 18.3 Å². The molecule has 0 unspecified atom stereocenters. The van der Waals surface area contributed by atoms with Crippen molar-refractivity contribution < 1.29 is 9.72 Å². The van der Waals surface area contributed by atoms with Crippen LogP contribution in [0.5, 0.6) is 0 Å². The van der Waals surface area contributed by atoms with Crippen LogP contribution in [0.4, 0.5) is 5.82 Å². The maximum absolute atomic E-state index is 12.1. The molecule has 0 bridgehead atoms. The third-order valence-electron chi connectivity index (χ3n) is 3.37. The van der Waals surface area contributed by atoms with Crippen LogP contribution in [0.2, 0.25) is 0 Å². The van der Waals surface area contributed by atoms with Crippen molar-refractivity contribution in [1.82, 2.24) is 19.4 Å². The second-order valence-electron chi connectivity index (χ2n) is 4.69. The molecule has 0 aromatic carbocycles. The molecular weight excluding hydrogens is 250 g/mol. The Labute approximate surface area is 110 Å². The molecule has 0 saturated carbocycles. The highest BCUT2D eigenvalue weighted by Crippen LogP contribution is 2.14. The first kappa shape index (κ1) is 13.5. The van der Waals surface area contributed by atoms with E-state index in [4.69, 9.17) is 0 Å². The molecule has 104 valence electrons. The number of carbonyl (C=O) groups is 1. The predicted molar refractivity (Wildman–Crippen MR) is 67.7 cm³/mol. The van der Waals surface area contributed by atoms with E-state index in [9.17, 15) is 14.9 Å². The zero-order valence-electron chi connectivity index (χ0n) is 11.1. The number of aromatic nitrogens is 2. The number of rotatable bonds is 3. The standard InChI is InChI=1S/C11H17N5O3/c1-9-12-7-10(16(18)19)15(9)8-11(17)14-5-3-13(2)4-6-14/h7H,3-6,8H2,1-2H3. The van der Waals surface area contributed by atoms with Crippen molar-refractivity contribution in [2.75, 3.05) is 33.2 Å². The number of hydrogen-bond acceptors (Lipinski definition) is 5. The summed E-state index contributed by atoms with van der Waals surface area (Å²) in [6.07, 6.45) is 1.19. The molecule has 8 heteroatoms. The van der Waals surface area contributed by atoms with Gasteiger partial charge in [0.2, 0.25) is 0 Å². The van der Waals surface area contributed by atoms with E-state index in [1.165, 1.54) is 10.8 Å². The maximum atomic E-state index is 12.1. The van der Waals surface area contributed by atoms with Crippen molar-refractivity contribution in [3.05, 3.63) is 22.1 Å². The molecule has 0 radical (unpaired) electrons. The van der Waals surface area contributed by atoms with Crippen LogP contribution in [0.3, 0.4) is 0 Å². The lowest BCUT2D eigenvalue weighted by atomic mass is 10.3. The third-order valence-corrected chi connectivity index (χ3v) is 3.37. The molecule has 19 heavy (non-hydrogen) atoms. The fraction of sp³-hybridized carbons (Fsp3) is 0.636. The highest BCUT2D eigenvalue weighted by atomic mass is 16.6. The fourth-order valence-corrected chi connectivity index (χ4v) is 2.09. The van der Waals surface area contributed by atoms with Crippen LogP contribution < -0.4 is 0 Å². The zero-order chi connectivity index (χ0) is 14.0. The van der Waals surface area contributed by atoms with Crippen molar-refractivity contribution in [1.29, 1.82) is 0 Å². The molecular formula is C11H17N5O3. The van der Waals surface area contributed by atoms with Gasteiger partial charge in [-0.1, -0.05) is 0 Å². The summed E-state index contributed by atoms with van der Waals surface area (Å²) in [7, 11) is 2.01. The fourth-order valence-electron chi connectivity index (χ4n) is 2.09. The molecule has 2 heterocycles. The number of aryl methyl sites for hydroxylation is 1. The number of piperazine rings is 1. The molecule has 1 fully saturated rings. The van der Waals surface area contributed by atoms with Gasteiger partial charge < -0.3 is 19.9 Å². The van der Waals surface area contributed by atoms with Crippen LogP contribution in [-0.2, 0) is 11.3 Å². The summed E-state index contributed by atoms with van der Waals surface area (Å²) in [5, 5.41) is 10.8. The molecule has 1 aromatic rings. The average Bonchev–Trinajstić information content (AvgIpc) is 2.72. The van der Waals surface area contributed by atoms with Gasteiger partial charge in [0.1, 0.15) is 6.20 Å². The molecule has 1 saturated heterocycles. The van der Waals surface area contributed by atoms with Crippen molar-refractivity contribution in [3.63, 3.8) is 0 Å². The van der Waals surface area contributed by atoms with E-state index in [0.29, 0.717) is 18.9 Å². The Bertz CT molecular complexity index is 491. The first-order valence-corrected chi connectivity index (χ1v) is 6.12. The SMILES string of the molecule is Cc1ncc([N+](=O)[O-])n1CC(=O)N1CCN(C)CC1. The van der Waals surface area contributed by atoms with Crippen molar-refractivity contribution in [2.24, 2.45) is 0 Å². The highest BCUT2D eigenvalue weighted by molar-refractivity contribution is 5.76. The van der Waals surface area contributed by atoms with E-state index < -0.39 is 4.92 Å². The van der Waals surface area contributed by atoms with Crippen LogP contribution in [-0.4, -0.2) is 63.4 Å². The highest BCUT2D eigenvalue weighted by Gasteiger charge is 2.25. The quantitative estimate of drug-likeness (QED) is 0.563. The molecule has 8 nitrogen and oxygen atoms in total. The van der Waals surface area contributed by atoms with Gasteiger partial charge in [-0.15, -0.1) is 0 Å². The van der Waals surface area contributed by atoms with Gasteiger partial charge in [-0.05, 0) is 12.0 Å². The van der Waals surface area contributed by atoms with Crippen LogP contribution in [0.1, 0.15) is 5.82 Å². The lowest BCUT2D eigenvalue weighted by Crippen LogP contribution is -2.48. The van der Waals surface area contributed by atoms with E-state index in [2.05, 4.69) is 9.88 Å². The molecule has 1 aliphatic heterocycles. The van der Waals surface area contributed by atoms with Gasteiger partial charge in [0.05, 0.1) is 0 Å². The van der Waals surface area contributed by atoms with Crippen LogP contribution in [0.25, 0.3) is 0 Å². The normalized spacial score (nSPS) is 16.6. The van der Waals surface area contributed by atoms with Gasteiger partial charge >= 0.3 is 5.82 Å². The molecule has 0 atom stereocenters. The van der Waals surface area contributed by atoms with Gasteiger partial charge in [0.25, 0.3) is 5.91 Å². The lowest BCUT2D eigenvalue weighted by molar-refractivity contribution is -0.392. The topological polar surface area (TPSA) is 84.5 Å². The minimum atomic E-state index is -0.517. The Morgan fingerprint density at radius 3 is 2.63 bits per heavy atom. The Morgan fingerprint density at radius 2 is 2.05 bits per heavy atom. The van der Waals surface area contributed by atoms with E-state index in [0.717, 1.165) is 13.1 Å². The van der Waals surface area contributed by atoms with Crippen molar-refractivity contribution >= 4 is 11.7 Å². The minimum Gasteiger partial charge on any atom is -0.358 e. The minimum absolute atomic E-state index is 0.0220. The summed E-state index contributed by atoms with van der Waals surface area (Å²) in [5.41, 5.74) is 0. The van der Waals surface area contributed by atoms with Gasteiger partial charge in [0.15, 0.2) is 12.4 Å². The van der Waals surface area contributed by atoms with Crippen LogP contribution >= 0.6 is 0 Å².